The monoisotopic (exact) mass is 346 g/mol. The van der Waals surface area contributed by atoms with Crippen LogP contribution in [0, 0.1) is 17.8 Å². The molecule has 2 N–H and O–H groups in total. The first-order valence-electron chi connectivity index (χ1n) is 8.72. The van der Waals surface area contributed by atoms with Gasteiger partial charge < -0.3 is 14.9 Å². The molecule has 0 aromatic heterocycles. The Labute approximate surface area is 149 Å². The van der Waals surface area contributed by atoms with Crippen molar-refractivity contribution in [1.82, 2.24) is 0 Å². The van der Waals surface area contributed by atoms with Gasteiger partial charge in [0.25, 0.3) is 0 Å². The van der Waals surface area contributed by atoms with Crippen LogP contribution >= 0.6 is 0 Å². The minimum atomic E-state index is -1.38. The van der Waals surface area contributed by atoms with E-state index in [9.17, 15) is 9.59 Å². The summed E-state index contributed by atoms with van der Waals surface area (Å²) in [7, 11) is 0. The normalized spacial score (nSPS) is 10.2. The van der Waals surface area contributed by atoms with Gasteiger partial charge in [0.15, 0.2) is 5.92 Å². The maximum atomic E-state index is 10.8. The number of hydrogen-bond acceptors (Lipinski definition) is 3. The summed E-state index contributed by atoms with van der Waals surface area (Å²) in [5.41, 5.74) is 0.877. The maximum Gasteiger partial charge on any atom is 0.317 e. The SMILES string of the molecule is CCCCCCC#Cc1cccc(OCCCC(C(=O)O)C(=O)O)c1. The lowest BCUT2D eigenvalue weighted by molar-refractivity contribution is -0.154. The number of rotatable bonds is 11. The van der Waals surface area contributed by atoms with Crippen molar-refractivity contribution in [3.63, 3.8) is 0 Å². The van der Waals surface area contributed by atoms with Gasteiger partial charge in [0.2, 0.25) is 0 Å². The topological polar surface area (TPSA) is 83.8 Å². The van der Waals surface area contributed by atoms with Gasteiger partial charge >= 0.3 is 11.9 Å². The largest absolute Gasteiger partial charge is 0.494 e. The third-order valence-electron chi connectivity index (χ3n) is 3.72. The first kappa shape index (κ1) is 20.6. The quantitative estimate of drug-likeness (QED) is 0.360. The van der Waals surface area contributed by atoms with E-state index in [-0.39, 0.29) is 13.0 Å². The molecular weight excluding hydrogens is 320 g/mol. The van der Waals surface area contributed by atoms with E-state index in [0.717, 1.165) is 18.4 Å². The van der Waals surface area contributed by atoms with Gasteiger partial charge in [-0.05, 0) is 37.5 Å². The van der Waals surface area contributed by atoms with Crippen molar-refractivity contribution in [2.24, 2.45) is 5.92 Å². The summed E-state index contributed by atoms with van der Waals surface area (Å²) in [6.45, 7) is 2.45. The van der Waals surface area contributed by atoms with Crippen LogP contribution in [-0.4, -0.2) is 28.8 Å². The molecule has 136 valence electrons. The van der Waals surface area contributed by atoms with Gasteiger partial charge in [-0.2, -0.15) is 0 Å². The lowest BCUT2D eigenvalue weighted by atomic mass is 10.0. The molecule has 0 atom stereocenters. The van der Waals surface area contributed by atoms with E-state index >= 15 is 0 Å². The van der Waals surface area contributed by atoms with Crippen molar-refractivity contribution < 1.29 is 24.5 Å². The molecule has 0 aliphatic rings. The highest BCUT2D eigenvalue weighted by Crippen LogP contribution is 2.14. The standard InChI is InChI=1S/C20H26O5/c1-2-3-4-5-6-7-10-16-11-8-12-17(15-16)25-14-9-13-18(19(21)22)20(23)24/h8,11-12,15,18H,2-6,9,13-14H2,1H3,(H,21,22)(H,23,24). The first-order valence-corrected chi connectivity index (χ1v) is 8.72. The smallest absolute Gasteiger partial charge is 0.317 e. The Morgan fingerprint density at radius 3 is 2.56 bits per heavy atom. The van der Waals surface area contributed by atoms with Crippen LogP contribution in [0.1, 0.15) is 57.4 Å². The molecule has 0 fully saturated rings. The summed E-state index contributed by atoms with van der Waals surface area (Å²) in [6.07, 6.45) is 6.07. The molecule has 0 unspecified atom stereocenters. The molecule has 5 nitrogen and oxygen atoms in total. The van der Waals surface area contributed by atoms with Crippen LogP contribution in [0.25, 0.3) is 0 Å². The molecular formula is C20H26O5. The van der Waals surface area contributed by atoms with Crippen LogP contribution in [-0.2, 0) is 9.59 Å². The van der Waals surface area contributed by atoms with Gasteiger partial charge in [0, 0.05) is 12.0 Å². The molecule has 0 heterocycles. The lowest BCUT2D eigenvalue weighted by Gasteiger charge is -2.09. The fourth-order valence-electron chi connectivity index (χ4n) is 2.30. The van der Waals surface area contributed by atoms with Gasteiger partial charge in [0.05, 0.1) is 6.61 Å². The van der Waals surface area contributed by atoms with Gasteiger partial charge in [-0.15, -0.1) is 0 Å². The van der Waals surface area contributed by atoms with Crippen molar-refractivity contribution in [3.8, 4) is 17.6 Å². The molecule has 25 heavy (non-hydrogen) atoms. The van der Waals surface area contributed by atoms with Crippen molar-refractivity contribution >= 4 is 11.9 Å². The van der Waals surface area contributed by atoms with Crippen LogP contribution in [0.5, 0.6) is 5.75 Å². The Kier molecular flexibility index (Phi) is 9.84. The molecule has 0 bridgehead atoms. The highest BCUT2D eigenvalue weighted by molar-refractivity contribution is 5.92. The van der Waals surface area contributed by atoms with E-state index in [1.165, 1.54) is 19.3 Å². The van der Waals surface area contributed by atoms with E-state index in [4.69, 9.17) is 14.9 Å². The third kappa shape index (κ3) is 8.80. The average Bonchev–Trinajstić information content (AvgIpc) is 2.57. The molecule has 0 saturated carbocycles. The number of carboxylic acid groups (broad SMARTS) is 2. The Balaban J connectivity index is 2.39. The number of carbonyl (C=O) groups is 2. The molecule has 5 heteroatoms. The van der Waals surface area contributed by atoms with Gasteiger partial charge in [0.1, 0.15) is 5.75 Å². The molecule has 0 spiro atoms. The Morgan fingerprint density at radius 2 is 1.88 bits per heavy atom. The average molecular weight is 346 g/mol. The first-order chi connectivity index (χ1) is 12.0. The maximum absolute atomic E-state index is 10.8. The summed E-state index contributed by atoms with van der Waals surface area (Å²) in [5.74, 6) is 2.91. The second kappa shape index (κ2) is 12.0. The molecule has 0 saturated heterocycles. The van der Waals surface area contributed by atoms with Gasteiger partial charge in [-0.1, -0.05) is 44.1 Å². The Hall–Kier alpha value is -2.48. The molecule has 0 aliphatic heterocycles. The number of benzene rings is 1. The highest BCUT2D eigenvalue weighted by atomic mass is 16.5. The third-order valence-corrected chi connectivity index (χ3v) is 3.72. The number of aliphatic carboxylic acids is 2. The van der Waals surface area contributed by atoms with Crippen molar-refractivity contribution in [1.29, 1.82) is 0 Å². The van der Waals surface area contributed by atoms with Crippen molar-refractivity contribution in [2.45, 2.75) is 51.9 Å². The fraction of sp³-hybridized carbons (Fsp3) is 0.500. The van der Waals surface area contributed by atoms with E-state index < -0.39 is 17.9 Å². The van der Waals surface area contributed by atoms with E-state index in [0.29, 0.717) is 12.2 Å². The summed E-state index contributed by atoms with van der Waals surface area (Å²) >= 11 is 0. The summed E-state index contributed by atoms with van der Waals surface area (Å²) in [6, 6.07) is 7.41. The zero-order valence-electron chi connectivity index (χ0n) is 14.7. The molecule has 0 aliphatic carbocycles. The zero-order chi connectivity index (χ0) is 18.5. The van der Waals surface area contributed by atoms with Crippen LogP contribution < -0.4 is 4.74 Å². The molecule has 1 rings (SSSR count). The Bertz CT molecular complexity index is 598. The van der Waals surface area contributed by atoms with Crippen LogP contribution in [0.15, 0.2) is 24.3 Å². The number of unbranched alkanes of at least 4 members (excludes halogenated alkanes) is 4. The summed E-state index contributed by atoms with van der Waals surface area (Å²) in [5, 5.41) is 17.6. The highest BCUT2D eigenvalue weighted by Gasteiger charge is 2.24. The summed E-state index contributed by atoms with van der Waals surface area (Å²) in [4.78, 5) is 21.6. The van der Waals surface area contributed by atoms with Crippen molar-refractivity contribution in [2.75, 3.05) is 6.61 Å². The fourth-order valence-corrected chi connectivity index (χ4v) is 2.30. The van der Waals surface area contributed by atoms with Gasteiger partial charge in [-0.25, -0.2) is 0 Å². The molecule has 0 amide bonds. The van der Waals surface area contributed by atoms with Crippen LogP contribution in [0.2, 0.25) is 0 Å². The minimum Gasteiger partial charge on any atom is -0.494 e. The molecule has 0 radical (unpaired) electrons. The van der Waals surface area contributed by atoms with Gasteiger partial charge in [-0.3, -0.25) is 9.59 Å². The van der Waals surface area contributed by atoms with E-state index in [1.807, 2.05) is 18.2 Å². The number of hydrogen-bond donors (Lipinski definition) is 2. The minimum absolute atomic E-state index is 0.0436. The predicted octanol–water partition coefficient (Wildman–Crippen LogP) is 3.95. The number of carboxylic acids is 2. The summed E-state index contributed by atoms with van der Waals surface area (Å²) < 4.78 is 5.56. The van der Waals surface area contributed by atoms with Crippen LogP contribution in [0.3, 0.4) is 0 Å². The van der Waals surface area contributed by atoms with E-state index in [1.54, 1.807) is 6.07 Å². The second-order valence-electron chi connectivity index (χ2n) is 5.86. The van der Waals surface area contributed by atoms with Crippen LogP contribution in [0.4, 0.5) is 0 Å². The predicted molar refractivity (Wildman–Crippen MR) is 95.6 cm³/mol. The van der Waals surface area contributed by atoms with E-state index in [2.05, 4.69) is 18.8 Å². The zero-order valence-corrected chi connectivity index (χ0v) is 14.7. The number of ether oxygens (including phenoxy) is 1. The Morgan fingerprint density at radius 1 is 1.12 bits per heavy atom. The van der Waals surface area contributed by atoms with Crippen molar-refractivity contribution in [3.05, 3.63) is 29.8 Å². The lowest BCUT2D eigenvalue weighted by Crippen LogP contribution is -2.23. The molecule has 1 aromatic rings. The molecule has 1 aromatic carbocycles. The second-order valence-corrected chi connectivity index (χ2v) is 5.86.